The minimum atomic E-state index is -0.431. The smallest absolute Gasteiger partial charge is 0.259 e. The molecule has 0 bridgehead atoms. The van der Waals surface area contributed by atoms with Gasteiger partial charge in [0.05, 0.1) is 23.9 Å². The predicted molar refractivity (Wildman–Crippen MR) is 85.4 cm³/mol. The molecular weight excluding hydrogens is 298 g/mol. The Bertz CT molecular complexity index is 952. The van der Waals surface area contributed by atoms with Gasteiger partial charge in [0.15, 0.2) is 0 Å². The zero-order valence-electron chi connectivity index (χ0n) is 12.8. The van der Waals surface area contributed by atoms with Crippen LogP contribution in [-0.4, -0.2) is 32.2 Å². The number of aromatic amines is 1. The molecule has 0 saturated carbocycles. The molecule has 118 valence electrons. The number of methoxy groups -OCH3 is 1. The summed E-state index contributed by atoms with van der Waals surface area (Å²) in [5, 5.41) is 13.3. The second kappa shape index (κ2) is 5.56. The van der Waals surface area contributed by atoms with E-state index in [9.17, 15) is 9.90 Å². The summed E-state index contributed by atoms with van der Waals surface area (Å²) >= 11 is 0. The maximum atomic E-state index is 11.7. The molecule has 0 aliphatic carbocycles. The summed E-state index contributed by atoms with van der Waals surface area (Å²) in [5.41, 5.74) is 1.17. The highest BCUT2D eigenvalue weighted by Gasteiger charge is 2.10. The number of nitrogens with one attached hydrogen (secondary N) is 2. The van der Waals surface area contributed by atoms with Gasteiger partial charge in [-0.1, -0.05) is 0 Å². The molecule has 0 atom stereocenters. The number of fused-ring (bicyclic) bond motifs is 1. The van der Waals surface area contributed by atoms with E-state index in [2.05, 4.69) is 25.3 Å². The van der Waals surface area contributed by atoms with Gasteiger partial charge >= 0.3 is 0 Å². The monoisotopic (exact) mass is 313 g/mol. The summed E-state index contributed by atoms with van der Waals surface area (Å²) in [6, 6.07) is 5.51. The lowest BCUT2D eigenvalue weighted by atomic mass is 10.2. The van der Waals surface area contributed by atoms with Crippen LogP contribution in [0.2, 0.25) is 0 Å². The molecule has 1 aromatic carbocycles. The van der Waals surface area contributed by atoms with Gasteiger partial charge in [-0.3, -0.25) is 15.1 Å². The summed E-state index contributed by atoms with van der Waals surface area (Å²) in [6.07, 6.45) is 0. The molecule has 8 nitrogen and oxygen atoms in total. The Hall–Kier alpha value is -3.16. The van der Waals surface area contributed by atoms with Gasteiger partial charge < -0.3 is 9.84 Å². The SMILES string of the molecule is COc1ccc2c(C)nc(Nc3nc(O)c(C)c(=O)[nH]3)nc2c1. The van der Waals surface area contributed by atoms with Crippen molar-refractivity contribution in [3.63, 3.8) is 0 Å². The van der Waals surface area contributed by atoms with Crippen molar-refractivity contribution in [2.45, 2.75) is 13.8 Å². The Morgan fingerprint density at radius 2 is 2.00 bits per heavy atom. The predicted octanol–water partition coefficient (Wildman–Crippen LogP) is 1.79. The van der Waals surface area contributed by atoms with Gasteiger partial charge in [0.25, 0.3) is 5.56 Å². The van der Waals surface area contributed by atoms with Crippen molar-refractivity contribution in [2.24, 2.45) is 0 Å². The first kappa shape index (κ1) is 14.8. The highest BCUT2D eigenvalue weighted by molar-refractivity contribution is 5.83. The number of H-pyrrole nitrogens is 1. The van der Waals surface area contributed by atoms with E-state index in [1.54, 1.807) is 13.2 Å². The Morgan fingerprint density at radius 1 is 1.22 bits per heavy atom. The lowest BCUT2D eigenvalue weighted by Crippen LogP contribution is -2.14. The Kier molecular flexibility index (Phi) is 3.57. The van der Waals surface area contributed by atoms with Crippen molar-refractivity contribution in [1.29, 1.82) is 0 Å². The summed E-state index contributed by atoms with van der Waals surface area (Å²) in [7, 11) is 1.58. The molecule has 0 radical (unpaired) electrons. The Labute approximate surface area is 131 Å². The fraction of sp³-hybridized carbons (Fsp3) is 0.200. The molecule has 0 spiro atoms. The lowest BCUT2D eigenvalue weighted by Gasteiger charge is -2.09. The maximum absolute atomic E-state index is 11.7. The third-order valence-corrected chi connectivity index (χ3v) is 3.45. The van der Waals surface area contributed by atoms with E-state index in [1.807, 2.05) is 19.1 Å². The van der Waals surface area contributed by atoms with Gasteiger partial charge in [0.1, 0.15) is 5.75 Å². The van der Waals surface area contributed by atoms with Crippen LogP contribution in [0, 0.1) is 13.8 Å². The van der Waals surface area contributed by atoms with Gasteiger partial charge in [-0.15, -0.1) is 0 Å². The van der Waals surface area contributed by atoms with Gasteiger partial charge in [-0.2, -0.15) is 4.98 Å². The summed E-state index contributed by atoms with van der Waals surface area (Å²) in [5.74, 6) is 0.672. The Balaban J connectivity index is 2.05. The highest BCUT2D eigenvalue weighted by atomic mass is 16.5. The molecule has 0 saturated heterocycles. The van der Waals surface area contributed by atoms with Crippen LogP contribution in [0.1, 0.15) is 11.3 Å². The number of ether oxygens (including phenoxy) is 1. The number of anilines is 2. The number of hydrogen-bond acceptors (Lipinski definition) is 7. The van der Waals surface area contributed by atoms with Crippen molar-refractivity contribution in [3.8, 4) is 11.6 Å². The first-order valence-corrected chi connectivity index (χ1v) is 6.87. The quantitative estimate of drug-likeness (QED) is 0.675. The molecule has 3 rings (SSSR count). The topological polar surface area (TPSA) is 113 Å². The molecule has 0 unspecified atom stereocenters. The molecule has 23 heavy (non-hydrogen) atoms. The summed E-state index contributed by atoms with van der Waals surface area (Å²) < 4.78 is 5.19. The second-order valence-corrected chi connectivity index (χ2v) is 5.00. The minimum absolute atomic E-state index is 0.0692. The molecule has 0 aliphatic heterocycles. The largest absolute Gasteiger partial charge is 0.497 e. The first-order valence-electron chi connectivity index (χ1n) is 6.87. The summed E-state index contributed by atoms with van der Waals surface area (Å²) in [4.78, 5) is 26.7. The van der Waals surface area contributed by atoms with E-state index in [0.29, 0.717) is 11.3 Å². The number of nitrogens with zero attached hydrogens (tertiary/aromatic N) is 3. The van der Waals surface area contributed by atoms with Crippen molar-refractivity contribution < 1.29 is 9.84 Å². The number of rotatable bonds is 3. The van der Waals surface area contributed by atoms with Gasteiger partial charge in [0, 0.05) is 11.5 Å². The normalized spacial score (nSPS) is 10.7. The van der Waals surface area contributed by atoms with Crippen LogP contribution in [0.3, 0.4) is 0 Å². The first-order chi connectivity index (χ1) is 11.0. The van der Waals surface area contributed by atoms with Crippen LogP contribution in [0.15, 0.2) is 23.0 Å². The zero-order valence-corrected chi connectivity index (χ0v) is 12.8. The van der Waals surface area contributed by atoms with Crippen molar-refractivity contribution in [3.05, 3.63) is 39.8 Å². The van der Waals surface area contributed by atoms with E-state index in [4.69, 9.17) is 4.74 Å². The molecule has 0 fully saturated rings. The van der Waals surface area contributed by atoms with E-state index in [-0.39, 0.29) is 23.3 Å². The fourth-order valence-corrected chi connectivity index (χ4v) is 2.14. The molecule has 3 N–H and O–H groups in total. The molecule has 0 aliphatic rings. The number of benzene rings is 1. The maximum Gasteiger partial charge on any atom is 0.259 e. The number of aromatic nitrogens is 4. The number of aryl methyl sites for hydroxylation is 1. The third kappa shape index (κ3) is 2.78. The summed E-state index contributed by atoms with van der Waals surface area (Å²) in [6.45, 7) is 3.33. The van der Waals surface area contributed by atoms with E-state index in [0.717, 1.165) is 11.1 Å². The van der Waals surface area contributed by atoms with E-state index in [1.165, 1.54) is 6.92 Å². The van der Waals surface area contributed by atoms with Crippen LogP contribution in [0.5, 0.6) is 11.6 Å². The molecule has 2 heterocycles. The average Bonchev–Trinajstić information content (AvgIpc) is 2.52. The van der Waals surface area contributed by atoms with Crippen LogP contribution in [0.4, 0.5) is 11.9 Å². The Morgan fingerprint density at radius 3 is 2.70 bits per heavy atom. The van der Waals surface area contributed by atoms with Gasteiger partial charge in [-0.05, 0) is 26.0 Å². The molecule has 8 heteroatoms. The van der Waals surface area contributed by atoms with E-state index >= 15 is 0 Å². The molecule has 2 aromatic heterocycles. The van der Waals surface area contributed by atoms with E-state index < -0.39 is 5.56 Å². The molecule has 3 aromatic rings. The standard InChI is InChI=1S/C15H15N5O3/c1-7-12(21)18-15(19-13(7)22)20-14-16-8(2)10-5-4-9(23-3)6-11(10)17-14/h4-6H,1-3H3,(H3,16,17,18,19,20,21,22). The number of hydrogen-bond donors (Lipinski definition) is 3. The van der Waals surface area contributed by atoms with Crippen LogP contribution in [0.25, 0.3) is 10.9 Å². The second-order valence-electron chi connectivity index (χ2n) is 5.00. The van der Waals surface area contributed by atoms with Gasteiger partial charge in [0.2, 0.25) is 17.8 Å². The molecule has 0 amide bonds. The zero-order chi connectivity index (χ0) is 16.6. The van der Waals surface area contributed by atoms with Crippen molar-refractivity contribution in [2.75, 3.05) is 12.4 Å². The molecular formula is C15H15N5O3. The fourth-order valence-electron chi connectivity index (χ4n) is 2.14. The van der Waals surface area contributed by atoms with Gasteiger partial charge in [-0.25, -0.2) is 9.97 Å². The average molecular weight is 313 g/mol. The van der Waals surface area contributed by atoms with Crippen molar-refractivity contribution in [1.82, 2.24) is 19.9 Å². The lowest BCUT2D eigenvalue weighted by molar-refractivity contribution is 0.415. The third-order valence-electron chi connectivity index (χ3n) is 3.45. The minimum Gasteiger partial charge on any atom is -0.497 e. The van der Waals surface area contributed by atoms with Crippen LogP contribution >= 0.6 is 0 Å². The number of aromatic hydroxyl groups is 1. The van der Waals surface area contributed by atoms with Crippen LogP contribution in [-0.2, 0) is 0 Å². The van der Waals surface area contributed by atoms with Crippen LogP contribution < -0.4 is 15.6 Å². The highest BCUT2D eigenvalue weighted by Crippen LogP contribution is 2.23. The van der Waals surface area contributed by atoms with Crippen molar-refractivity contribution >= 4 is 22.8 Å².